The molecule has 2 aromatic rings. The number of rotatable bonds is 3. The Hall–Kier alpha value is -0.910. The first-order valence-corrected chi connectivity index (χ1v) is 6.90. The topological polar surface area (TPSA) is 35.0 Å². The van der Waals surface area contributed by atoms with E-state index in [-0.39, 0.29) is 21.8 Å². The van der Waals surface area contributed by atoms with Gasteiger partial charge in [0.1, 0.15) is 22.5 Å². The van der Waals surface area contributed by atoms with Gasteiger partial charge in [-0.25, -0.2) is 9.37 Å². The van der Waals surface area contributed by atoms with Crippen molar-refractivity contribution in [3.63, 3.8) is 0 Å². The van der Waals surface area contributed by atoms with E-state index in [1.165, 1.54) is 18.2 Å². The lowest BCUT2D eigenvalue weighted by atomic mass is 10.3. The Labute approximate surface area is 127 Å². The molecule has 1 aromatic heterocycles. The highest BCUT2D eigenvalue weighted by Gasteiger charge is 2.11. The lowest BCUT2D eigenvalue weighted by molar-refractivity contribution is 0.451. The van der Waals surface area contributed by atoms with Gasteiger partial charge < -0.3 is 4.74 Å². The fourth-order valence-corrected chi connectivity index (χ4v) is 2.26. The molecule has 0 fully saturated rings. The van der Waals surface area contributed by atoms with Crippen molar-refractivity contribution in [1.29, 1.82) is 0 Å². The summed E-state index contributed by atoms with van der Waals surface area (Å²) in [7, 11) is 0. The van der Waals surface area contributed by atoms with Crippen LogP contribution < -0.4 is 4.74 Å². The van der Waals surface area contributed by atoms with E-state index in [1.807, 2.05) is 6.92 Å². The number of halogens is 4. The van der Waals surface area contributed by atoms with Crippen molar-refractivity contribution in [2.45, 2.75) is 13.3 Å². The molecule has 7 heteroatoms. The van der Waals surface area contributed by atoms with Crippen LogP contribution in [0.3, 0.4) is 0 Å². The first-order chi connectivity index (χ1) is 8.99. The third-order valence-corrected chi connectivity index (χ3v) is 3.33. The Morgan fingerprint density at radius 3 is 2.68 bits per heavy atom. The summed E-state index contributed by atoms with van der Waals surface area (Å²) < 4.78 is 19.4. The Kier molecular flexibility index (Phi) is 4.60. The second-order valence-corrected chi connectivity index (χ2v) is 5.25. The van der Waals surface area contributed by atoms with E-state index in [4.69, 9.17) is 27.9 Å². The summed E-state index contributed by atoms with van der Waals surface area (Å²) >= 11 is 14.7. The molecule has 0 bridgehead atoms. The molecule has 1 aromatic carbocycles. The van der Waals surface area contributed by atoms with Crippen LogP contribution in [0, 0.1) is 5.82 Å². The van der Waals surface area contributed by atoms with Crippen molar-refractivity contribution < 1.29 is 9.13 Å². The minimum Gasteiger partial charge on any atom is -0.438 e. The summed E-state index contributed by atoms with van der Waals surface area (Å²) in [4.78, 5) is 8.16. The van der Waals surface area contributed by atoms with Crippen molar-refractivity contribution in [3.8, 4) is 11.6 Å². The van der Waals surface area contributed by atoms with Gasteiger partial charge in [-0.3, -0.25) is 0 Å². The Morgan fingerprint density at radius 1 is 1.26 bits per heavy atom. The predicted octanol–water partition coefficient (Wildman–Crippen LogP) is 5.04. The first-order valence-electron chi connectivity index (χ1n) is 5.35. The molecule has 0 radical (unpaired) electrons. The average molecular weight is 366 g/mol. The second kappa shape index (κ2) is 6.03. The van der Waals surface area contributed by atoms with Crippen LogP contribution in [-0.4, -0.2) is 9.97 Å². The van der Waals surface area contributed by atoms with Crippen LogP contribution >= 0.6 is 39.1 Å². The first kappa shape index (κ1) is 14.5. The normalized spacial score (nSPS) is 10.6. The lowest BCUT2D eigenvalue weighted by Gasteiger charge is -2.09. The van der Waals surface area contributed by atoms with Gasteiger partial charge in [0.25, 0.3) is 0 Å². The molecular weight excluding hydrogens is 358 g/mol. The third kappa shape index (κ3) is 3.55. The molecule has 3 nitrogen and oxygen atoms in total. The number of hydrogen-bond donors (Lipinski definition) is 0. The standard InChI is InChI=1S/C12H8BrCl2FN2O/c1-2-11-17-10(15)5-12(18-11)19-9-4-8(16)7(14)3-6(9)13/h3-5H,2H2,1H3. The summed E-state index contributed by atoms with van der Waals surface area (Å²) in [6, 6.07) is 4.05. The van der Waals surface area contributed by atoms with Crippen LogP contribution in [0.4, 0.5) is 4.39 Å². The smallest absolute Gasteiger partial charge is 0.224 e. The van der Waals surface area contributed by atoms with E-state index in [0.717, 1.165) is 0 Å². The van der Waals surface area contributed by atoms with Crippen LogP contribution in [0.15, 0.2) is 22.7 Å². The van der Waals surface area contributed by atoms with Gasteiger partial charge in [-0.1, -0.05) is 30.1 Å². The van der Waals surface area contributed by atoms with Gasteiger partial charge in [0.2, 0.25) is 5.88 Å². The van der Waals surface area contributed by atoms with E-state index >= 15 is 0 Å². The SMILES string of the molecule is CCc1nc(Cl)cc(Oc2cc(F)c(Cl)cc2Br)n1. The van der Waals surface area contributed by atoms with E-state index in [2.05, 4.69) is 25.9 Å². The highest BCUT2D eigenvalue weighted by atomic mass is 79.9. The van der Waals surface area contributed by atoms with Gasteiger partial charge in [0.05, 0.1) is 9.50 Å². The molecule has 0 saturated carbocycles. The van der Waals surface area contributed by atoms with Gasteiger partial charge >= 0.3 is 0 Å². The molecule has 0 saturated heterocycles. The molecule has 19 heavy (non-hydrogen) atoms. The van der Waals surface area contributed by atoms with Crippen LogP contribution in [0.2, 0.25) is 10.2 Å². The molecule has 1 heterocycles. The molecule has 0 atom stereocenters. The van der Waals surface area contributed by atoms with Gasteiger partial charge in [-0.05, 0) is 22.0 Å². The fourth-order valence-electron chi connectivity index (χ4n) is 1.35. The van der Waals surface area contributed by atoms with Crippen LogP contribution in [0.1, 0.15) is 12.7 Å². The Bertz CT molecular complexity index is 625. The van der Waals surface area contributed by atoms with E-state index < -0.39 is 5.82 Å². The number of aryl methyl sites for hydroxylation is 1. The number of ether oxygens (including phenoxy) is 1. The zero-order valence-corrected chi connectivity index (χ0v) is 12.9. The lowest BCUT2D eigenvalue weighted by Crippen LogP contribution is -1.97. The van der Waals surface area contributed by atoms with E-state index in [1.54, 1.807) is 0 Å². The van der Waals surface area contributed by atoms with Crippen molar-refractivity contribution >= 4 is 39.1 Å². The minimum absolute atomic E-state index is 0.00851. The van der Waals surface area contributed by atoms with Crippen molar-refractivity contribution in [2.24, 2.45) is 0 Å². The van der Waals surface area contributed by atoms with Gasteiger partial charge in [0, 0.05) is 18.6 Å². The summed E-state index contributed by atoms with van der Waals surface area (Å²) in [5.74, 6) is 0.488. The van der Waals surface area contributed by atoms with E-state index in [9.17, 15) is 4.39 Å². The monoisotopic (exact) mass is 364 g/mol. The van der Waals surface area contributed by atoms with Gasteiger partial charge in [-0.15, -0.1) is 0 Å². The number of hydrogen-bond acceptors (Lipinski definition) is 3. The van der Waals surface area contributed by atoms with Gasteiger partial charge in [0.15, 0.2) is 0 Å². The number of benzene rings is 1. The summed E-state index contributed by atoms with van der Waals surface area (Å²) in [6.07, 6.45) is 0.618. The maximum absolute atomic E-state index is 13.4. The maximum Gasteiger partial charge on any atom is 0.224 e. The molecule has 0 amide bonds. The van der Waals surface area contributed by atoms with Gasteiger partial charge in [-0.2, -0.15) is 4.98 Å². The summed E-state index contributed by atoms with van der Waals surface area (Å²) in [5, 5.41) is 0.279. The van der Waals surface area contributed by atoms with Crippen molar-refractivity contribution in [3.05, 3.63) is 44.5 Å². The molecule has 2 rings (SSSR count). The maximum atomic E-state index is 13.4. The zero-order chi connectivity index (χ0) is 14.0. The predicted molar refractivity (Wildman–Crippen MR) is 75.6 cm³/mol. The molecule has 0 aliphatic rings. The minimum atomic E-state index is -0.573. The number of aromatic nitrogens is 2. The molecule has 0 spiro atoms. The van der Waals surface area contributed by atoms with Crippen LogP contribution in [0.25, 0.3) is 0 Å². The van der Waals surface area contributed by atoms with Crippen LogP contribution in [0.5, 0.6) is 11.6 Å². The highest BCUT2D eigenvalue weighted by molar-refractivity contribution is 9.10. The Morgan fingerprint density at radius 2 is 2.00 bits per heavy atom. The van der Waals surface area contributed by atoms with Crippen molar-refractivity contribution in [1.82, 2.24) is 9.97 Å². The second-order valence-electron chi connectivity index (χ2n) is 3.60. The molecule has 100 valence electrons. The molecule has 0 aliphatic carbocycles. The van der Waals surface area contributed by atoms with E-state index in [0.29, 0.717) is 16.7 Å². The van der Waals surface area contributed by atoms with Crippen molar-refractivity contribution in [2.75, 3.05) is 0 Å². The summed E-state index contributed by atoms with van der Waals surface area (Å²) in [5.41, 5.74) is 0. The quantitative estimate of drug-likeness (QED) is 0.564. The third-order valence-electron chi connectivity index (χ3n) is 2.22. The molecule has 0 aliphatic heterocycles. The molecular formula is C12H8BrCl2FN2O. The fraction of sp³-hybridized carbons (Fsp3) is 0.167. The number of nitrogens with zero attached hydrogens (tertiary/aromatic N) is 2. The highest BCUT2D eigenvalue weighted by Crippen LogP contribution is 2.33. The average Bonchev–Trinajstić information content (AvgIpc) is 2.35. The zero-order valence-electron chi connectivity index (χ0n) is 9.75. The molecule has 0 unspecified atom stereocenters. The Balaban J connectivity index is 2.36. The summed E-state index contributed by atoms with van der Waals surface area (Å²) in [6.45, 7) is 1.90. The largest absolute Gasteiger partial charge is 0.438 e. The molecule has 0 N–H and O–H groups in total. The van der Waals surface area contributed by atoms with Crippen LogP contribution in [-0.2, 0) is 6.42 Å².